The molecule has 0 amide bonds. The van der Waals surface area contributed by atoms with Gasteiger partial charge in [0, 0.05) is 0 Å². The molecule has 164 valence electrons. The van der Waals surface area contributed by atoms with E-state index in [-0.39, 0.29) is 24.7 Å². The molecule has 0 aromatic carbocycles. The highest BCUT2D eigenvalue weighted by Gasteiger charge is 2.56. The second kappa shape index (κ2) is 12.3. The van der Waals surface area contributed by atoms with E-state index in [9.17, 15) is 25.4 Å². The van der Waals surface area contributed by atoms with Crippen molar-refractivity contribution in [1.29, 1.82) is 0 Å². The van der Waals surface area contributed by atoms with Crippen molar-refractivity contribution >= 4 is 5.97 Å². The Hall–Kier alpha value is -1.35. The number of aliphatic hydroxyl groups excluding tert-OH is 3. The Balaban J connectivity index is 2.72. The van der Waals surface area contributed by atoms with Crippen LogP contribution in [0.1, 0.15) is 72.1 Å². The van der Waals surface area contributed by atoms with Crippen LogP contribution in [0.25, 0.3) is 0 Å². The van der Waals surface area contributed by atoms with E-state index < -0.39 is 36.1 Å². The molecule has 0 aromatic heterocycles. The van der Waals surface area contributed by atoms with E-state index in [0.29, 0.717) is 6.42 Å². The minimum absolute atomic E-state index is 0.0446. The van der Waals surface area contributed by atoms with Gasteiger partial charge in [-0.3, -0.25) is 0 Å². The first-order valence-electron chi connectivity index (χ1n) is 10.2. The van der Waals surface area contributed by atoms with Gasteiger partial charge in [0.1, 0.15) is 12.7 Å². The first-order valence-corrected chi connectivity index (χ1v) is 10.2. The van der Waals surface area contributed by atoms with E-state index in [0.717, 1.165) is 19.3 Å². The molecule has 0 aromatic rings. The number of unbranched alkanes of at least 4 members (excludes halogenated alkanes) is 5. The lowest BCUT2D eigenvalue weighted by molar-refractivity contribution is -0.241. The van der Waals surface area contributed by atoms with Gasteiger partial charge in [-0.25, -0.2) is 10.1 Å². The maximum absolute atomic E-state index is 12.3. The van der Waals surface area contributed by atoms with Crippen LogP contribution in [0.2, 0.25) is 0 Å². The normalized spacial score (nSPS) is 21.8. The zero-order valence-electron chi connectivity index (χ0n) is 17.2. The van der Waals surface area contributed by atoms with Crippen LogP contribution in [0.15, 0.2) is 11.5 Å². The van der Waals surface area contributed by atoms with Gasteiger partial charge < -0.3 is 29.7 Å². The van der Waals surface area contributed by atoms with Gasteiger partial charge >= 0.3 is 5.97 Å². The van der Waals surface area contributed by atoms with Gasteiger partial charge in [-0.1, -0.05) is 59.3 Å². The van der Waals surface area contributed by atoms with Crippen LogP contribution in [-0.4, -0.2) is 57.6 Å². The second-order valence-corrected chi connectivity index (χ2v) is 7.85. The molecule has 0 spiro atoms. The lowest BCUT2D eigenvalue weighted by Crippen LogP contribution is -2.48. The quantitative estimate of drug-likeness (QED) is 0.142. The van der Waals surface area contributed by atoms with Crippen LogP contribution >= 0.6 is 0 Å². The van der Waals surface area contributed by atoms with Gasteiger partial charge in [0.25, 0.3) is 5.76 Å². The summed E-state index contributed by atoms with van der Waals surface area (Å²) in [5.41, 5.74) is -1.73. The molecular weight excluding hydrogens is 368 g/mol. The number of aliphatic hydroxyl groups is 3. The van der Waals surface area contributed by atoms with E-state index in [1.54, 1.807) is 0 Å². The summed E-state index contributed by atoms with van der Waals surface area (Å²) in [6, 6.07) is 0. The van der Waals surface area contributed by atoms with Gasteiger partial charge in [-0.2, -0.15) is 0 Å². The molecule has 1 rings (SSSR count). The number of hydrogen-bond acceptors (Lipinski definition) is 8. The minimum atomic E-state index is -1.73. The fourth-order valence-corrected chi connectivity index (χ4v) is 3.45. The number of hydrogen-bond donors (Lipinski definition) is 4. The van der Waals surface area contributed by atoms with E-state index in [2.05, 4.69) is 11.8 Å². The number of cyclic esters (lactones) is 1. The van der Waals surface area contributed by atoms with Crippen molar-refractivity contribution in [2.75, 3.05) is 13.2 Å². The van der Waals surface area contributed by atoms with Crippen LogP contribution in [-0.2, 0) is 19.2 Å². The maximum atomic E-state index is 12.3. The summed E-state index contributed by atoms with van der Waals surface area (Å²) in [6.45, 7) is 4.96. The number of esters is 1. The van der Waals surface area contributed by atoms with Crippen molar-refractivity contribution in [2.45, 2.75) is 89.9 Å². The highest BCUT2D eigenvalue weighted by molar-refractivity contribution is 5.90. The lowest BCUT2D eigenvalue weighted by Gasteiger charge is -2.33. The Labute approximate surface area is 167 Å². The van der Waals surface area contributed by atoms with Crippen molar-refractivity contribution in [3.05, 3.63) is 11.5 Å². The number of rotatable bonds is 15. The third kappa shape index (κ3) is 6.62. The van der Waals surface area contributed by atoms with Gasteiger partial charge in [0.05, 0.1) is 12.7 Å². The van der Waals surface area contributed by atoms with Gasteiger partial charge in [-0.05, 0) is 18.8 Å². The first kappa shape index (κ1) is 24.7. The fraction of sp³-hybridized carbons (Fsp3) is 0.850. The SMILES string of the molecule is CCCCCCCCC(O)COC1=C(OO)[C@@](CC(C)C)([C@@H](O)CO)OC1=O. The third-order valence-electron chi connectivity index (χ3n) is 4.88. The van der Waals surface area contributed by atoms with Gasteiger partial charge in [0.15, 0.2) is 0 Å². The molecule has 0 aliphatic carbocycles. The highest BCUT2D eigenvalue weighted by atomic mass is 17.1. The van der Waals surface area contributed by atoms with E-state index >= 15 is 0 Å². The molecular formula is C20H36O8. The minimum Gasteiger partial charge on any atom is -0.481 e. The number of ether oxygens (including phenoxy) is 2. The average molecular weight is 405 g/mol. The van der Waals surface area contributed by atoms with E-state index in [4.69, 9.17) is 9.47 Å². The Bertz CT molecular complexity index is 504. The van der Waals surface area contributed by atoms with Crippen LogP contribution < -0.4 is 0 Å². The zero-order chi connectivity index (χ0) is 21.2. The summed E-state index contributed by atoms with van der Waals surface area (Å²) >= 11 is 0. The molecule has 0 bridgehead atoms. The molecule has 1 unspecified atom stereocenters. The van der Waals surface area contributed by atoms with Crippen LogP contribution in [0.5, 0.6) is 0 Å². The Morgan fingerprint density at radius 3 is 2.32 bits per heavy atom. The molecule has 1 aliphatic rings. The number of carbonyl (C=O) groups is 1. The molecule has 0 saturated carbocycles. The van der Waals surface area contributed by atoms with Crippen LogP contribution in [0.4, 0.5) is 0 Å². The summed E-state index contributed by atoms with van der Waals surface area (Å²) in [5.74, 6) is -1.72. The molecule has 8 nitrogen and oxygen atoms in total. The Kier molecular flexibility index (Phi) is 10.8. The first-order chi connectivity index (χ1) is 13.3. The third-order valence-corrected chi connectivity index (χ3v) is 4.88. The van der Waals surface area contributed by atoms with E-state index in [1.165, 1.54) is 19.3 Å². The topological polar surface area (TPSA) is 126 Å². The average Bonchev–Trinajstić information content (AvgIpc) is 2.92. The molecule has 8 heteroatoms. The van der Waals surface area contributed by atoms with Crippen molar-refractivity contribution in [2.24, 2.45) is 5.92 Å². The monoisotopic (exact) mass is 404 g/mol. The predicted octanol–water partition coefficient (Wildman–Crippen LogP) is 2.51. The Morgan fingerprint density at radius 2 is 1.75 bits per heavy atom. The van der Waals surface area contributed by atoms with Crippen LogP contribution in [0, 0.1) is 5.92 Å². The van der Waals surface area contributed by atoms with Crippen molar-refractivity contribution in [1.82, 2.24) is 0 Å². The number of carbonyl (C=O) groups excluding carboxylic acids is 1. The maximum Gasteiger partial charge on any atom is 0.378 e. The largest absolute Gasteiger partial charge is 0.481 e. The molecule has 0 radical (unpaired) electrons. The van der Waals surface area contributed by atoms with Crippen molar-refractivity contribution in [3.63, 3.8) is 0 Å². The molecule has 0 saturated heterocycles. The molecule has 4 N–H and O–H groups in total. The van der Waals surface area contributed by atoms with Gasteiger partial charge in [0.2, 0.25) is 11.4 Å². The highest BCUT2D eigenvalue weighted by Crippen LogP contribution is 2.41. The predicted molar refractivity (Wildman–Crippen MR) is 102 cm³/mol. The summed E-state index contributed by atoms with van der Waals surface area (Å²) in [7, 11) is 0. The molecule has 3 atom stereocenters. The lowest BCUT2D eigenvalue weighted by atomic mass is 9.86. The zero-order valence-corrected chi connectivity index (χ0v) is 17.2. The van der Waals surface area contributed by atoms with E-state index in [1.807, 2.05) is 13.8 Å². The molecule has 0 fully saturated rings. The summed E-state index contributed by atoms with van der Waals surface area (Å²) in [4.78, 5) is 16.6. The fourth-order valence-electron chi connectivity index (χ4n) is 3.45. The molecule has 28 heavy (non-hydrogen) atoms. The summed E-state index contributed by atoms with van der Waals surface area (Å²) < 4.78 is 10.7. The van der Waals surface area contributed by atoms with Crippen molar-refractivity contribution in [3.8, 4) is 0 Å². The molecule has 1 heterocycles. The van der Waals surface area contributed by atoms with Crippen molar-refractivity contribution < 1.29 is 39.7 Å². The standard InChI is InChI=1S/C20H36O8/c1-4-5-6-7-8-9-10-15(22)13-26-17-18(28-25)20(11-14(2)3,16(23)12-21)27-19(17)24/h14-16,21-23,25H,4-13H2,1-3H3/t15?,16-,20+/m0/s1. The smallest absolute Gasteiger partial charge is 0.378 e. The van der Waals surface area contributed by atoms with Gasteiger partial charge in [-0.15, -0.1) is 0 Å². The van der Waals surface area contributed by atoms with Crippen LogP contribution in [0.3, 0.4) is 0 Å². The Morgan fingerprint density at radius 1 is 1.11 bits per heavy atom. The second-order valence-electron chi connectivity index (χ2n) is 7.85. The molecule has 1 aliphatic heterocycles. The summed E-state index contributed by atoms with van der Waals surface area (Å²) in [5, 5.41) is 39.0. The summed E-state index contributed by atoms with van der Waals surface area (Å²) in [6.07, 6.45) is 4.94.